The van der Waals surface area contributed by atoms with E-state index in [4.69, 9.17) is 10.5 Å². The zero-order valence-corrected chi connectivity index (χ0v) is 17.6. The first-order chi connectivity index (χ1) is 12.7. The van der Waals surface area contributed by atoms with E-state index in [1.807, 2.05) is 6.92 Å². The third-order valence-corrected chi connectivity index (χ3v) is 4.98. The molecule has 0 saturated heterocycles. The Morgan fingerprint density at radius 2 is 1.31 bits per heavy atom. The average molecular weight is 368 g/mol. The molecule has 0 rings (SSSR count). The Kier molecular flexibility index (Phi) is 19.8. The molecule has 3 heteroatoms. The van der Waals surface area contributed by atoms with Crippen molar-refractivity contribution in [2.24, 2.45) is 11.7 Å². The van der Waals surface area contributed by atoms with Gasteiger partial charge in [0.25, 0.3) is 0 Å². The second-order valence-corrected chi connectivity index (χ2v) is 7.64. The van der Waals surface area contributed by atoms with Gasteiger partial charge in [0.05, 0.1) is 0 Å². The Morgan fingerprint density at radius 1 is 0.808 bits per heavy atom. The van der Waals surface area contributed by atoms with Crippen molar-refractivity contribution in [1.29, 1.82) is 0 Å². The van der Waals surface area contributed by atoms with Gasteiger partial charge in [-0.3, -0.25) is 4.79 Å². The number of hydrogen-bond donors (Lipinski definition) is 1. The van der Waals surface area contributed by atoms with Crippen molar-refractivity contribution in [3.8, 4) is 0 Å². The van der Waals surface area contributed by atoms with Crippen molar-refractivity contribution >= 4 is 5.91 Å². The number of primary amides is 1. The van der Waals surface area contributed by atoms with Crippen LogP contribution in [0.2, 0.25) is 0 Å². The lowest BCUT2D eigenvalue weighted by Gasteiger charge is -2.07. The predicted octanol–water partition coefficient (Wildman–Crippen LogP) is 6.55. The van der Waals surface area contributed by atoms with Crippen LogP contribution in [0.5, 0.6) is 0 Å². The number of ether oxygens (including phenoxy) is 1. The first kappa shape index (κ1) is 25.2. The highest BCUT2D eigenvalue weighted by atomic mass is 16.5. The first-order valence-electron chi connectivity index (χ1n) is 11.2. The molecule has 0 aliphatic carbocycles. The number of amides is 1. The monoisotopic (exact) mass is 367 g/mol. The SMILES string of the molecule is CCCCCCCC/C=C\CCCCCCCCOCCC(C)C(N)=O. The molecule has 154 valence electrons. The lowest BCUT2D eigenvalue weighted by Crippen LogP contribution is -2.21. The molecule has 1 amide bonds. The van der Waals surface area contributed by atoms with Gasteiger partial charge in [-0.15, -0.1) is 0 Å². The predicted molar refractivity (Wildman–Crippen MR) is 113 cm³/mol. The highest BCUT2D eigenvalue weighted by Gasteiger charge is 2.07. The van der Waals surface area contributed by atoms with E-state index in [9.17, 15) is 4.79 Å². The molecule has 0 heterocycles. The maximum absolute atomic E-state index is 10.9. The van der Waals surface area contributed by atoms with Crippen LogP contribution in [0.3, 0.4) is 0 Å². The summed E-state index contributed by atoms with van der Waals surface area (Å²) >= 11 is 0. The van der Waals surface area contributed by atoms with Gasteiger partial charge < -0.3 is 10.5 Å². The third-order valence-electron chi connectivity index (χ3n) is 4.98. The van der Waals surface area contributed by atoms with E-state index in [-0.39, 0.29) is 11.8 Å². The fourth-order valence-corrected chi connectivity index (χ4v) is 2.96. The summed E-state index contributed by atoms with van der Waals surface area (Å²) in [4.78, 5) is 10.9. The van der Waals surface area contributed by atoms with E-state index in [0.29, 0.717) is 6.61 Å². The number of nitrogens with two attached hydrogens (primary N) is 1. The fourth-order valence-electron chi connectivity index (χ4n) is 2.96. The van der Waals surface area contributed by atoms with Gasteiger partial charge in [0.2, 0.25) is 5.91 Å². The molecule has 3 nitrogen and oxygen atoms in total. The smallest absolute Gasteiger partial charge is 0.220 e. The Bertz CT molecular complexity index is 328. The number of carbonyl (C=O) groups is 1. The van der Waals surface area contributed by atoms with Gasteiger partial charge in [0.1, 0.15) is 0 Å². The molecule has 0 saturated carbocycles. The molecule has 0 fully saturated rings. The number of allylic oxidation sites excluding steroid dienone is 2. The molecular formula is C23H45NO2. The van der Waals surface area contributed by atoms with Crippen LogP contribution < -0.4 is 5.73 Å². The van der Waals surface area contributed by atoms with Crippen LogP contribution in [0.25, 0.3) is 0 Å². The van der Waals surface area contributed by atoms with Crippen molar-refractivity contribution in [2.75, 3.05) is 13.2 Å². The molecule has 1 unspecified atom stereocenters. The van der Waals surface area contributed by atoms with Gasteiger partial charge in [-0.05, 0) is 38.5 Å². The van der Waals surface area contributed by atoms with Gasteiger partial charge in [-0.1, -0.05) is 83.8 Å². The second-order valence-electron chi connectivity index (χ2n) is 7.64. The maximum Gasteiger partial charge on any atom is 0.220 e. The maximum atomic E-state index is 10.9. The van der Waals surface area contributed by atoms with Crippen molar-refractivity contribution in [3.05, 3.63) is 12.2 Å². The topological polar surface area (TPSA) is 52.3 Å². The summed E-state index contributed by atoms with van der Waals surface area (Å²) in [7, 11) is 0. The molecular weight excluding hydrogens is 322 g/mol. The molecule has 26 heavy (non-hydrogen) atoms. The average Bonchev–Trinajstić information content (AvgIpc) is 2.63. The number of rotatable bonds is 20. The fraction of sp³-hybridized carbons (Fsp3) is 0.870. The summed E-state index contributed by atoms with van der Waals surface area (Å²) < 4.78 is 5.56. The lowest BCUT2D eigenvalue weighted by molar-refractivity contribution is -0.121. The summed E-state index contributed by atoms with van der Waals surface area (Å²) in [6.45, 7) is 5.59. The first-order valence-corrected chi connectivity index (χ1v) is 11.2. The summed E-state index contributed by atoms with van der Waals surface area (Å²) in [6, 6.07) is 0. The minimum Gasteiger partial charge on any atom is -0.381 e. The molecule has 0 radical (unpaired) electrons. The van der Waals surface area contributed by atoms with E-state index in [1.54, 1.807) is 0 Å². The Morgan fingerprint density at radius 3 is 1.85 bits per heavy atom. The Hall–Kier alpha value is -0.830. The van der Waals surface area contributed by atoms with Crippen LogP contribution in [0, 0.1) is 5.92 Å². The van der Waals surface area contributed by atoms with Crippen LogP contribution in [-0.4, -0.2) is 19.1 Å². The van der Waals surface area contributed by atoms with Gasteiger partial charge in [0, 0.05) is 19.1 Å². The molecule has 1 atom stereocenters. The molecule has 0 aliphatic rings. The van der Waals surface area contributed by atoms with Gasteiger partial charge in [-0.25, -0.2) is 0 Å². The van der Waals surface area contributed by atoms with Crippen LogP contribution in [-0.2, 0) is 9.53 Å². The molecule has 0 aromatic heterocycles. The zero-order chi connectivity index (χ0) is 19.3. The number of carbonyl (C=O) groups excluding carboxylic acids is 1. The van der Waals surface area contributed by atoms with Crippen molar-refractivity contribution < 1.29 is 9.53 Å². The highest BCUT2D eigenvalue weighted by molar-refractivity contribution is 5.76. The molecule has 0 spiro atoms. The van der Waals surface area contributed by atoms with Crippen LogP contribution in [0.1, 0.15) is 110 Å². The zero-order valence-electron chi connectivity index (χ0n) is 17.6. The minimum atomic E-state index is -0.231. The van der Waals surface area contributed by atoms with Crippen LogP contribution >= 0.6 is 0 Å². The quantitative estimate of drug-likeness (QED) is 0.196. The molecule has 0 aliphatic heterocycles. The van der Waals surface area contributed by atoms with E-state index in [0.717, 1.165) is 19.4 Å². The van der Waals surface area contributed by atoms with Crippen molar-refractivity contribution in [2.45, 2.75) is 110 Å². The van der Waals surface area contributed by atoms with Crippen LogP contribution in [0.15, 0.2) is 12.2 Å². The van der Waals surface area contributed by atoms with Crippen molar-refractivity contribution in [1.82, 2.24) is 0 Å². The van der Waals surface area contributed by atoms with Crippen LogP contribution in [0.4, 0.5) is 0 Å². The normalized spacial score (nSPS) is 12.7. The van der Waals surface area contributed by atoms with E-state index in [2.05, 4.69) is 19.1 Å². The lowest BCUT2D eigenvalue weighted by atomic mass is 10.1. The molecule has 0 aromatic rings. The summed E-state index contributed by atoms with van der Waals surface area (Å²) in [6.07, 6.45) is 24.1. The van der Waals surface area contributed by atoms with E-state index < -0.39 is 0 Å². The molecule has 0 aromatic carbocycles. The summed E-state index contributed by atoms with van der Waals surface area (Å²) in [5.74, 6) is -0.305. The van der Waals surface area contributed by atoms with Gasteiger partial charge in [-0.2, -0.15) is 0 Å². The highest BCUT2D eigenvalue weighted by Crippen LogP contribution is 2.10. The minimum absolute atomic E-state index is 0.0742. The Balaban J connectivity index is 3.13. The number of unbranched alkanes of at least 4 members (excludes halogenated alkanes) is 12. The van der Waals surface area contributed by atoms with E-state index >= 15 is 0 Å². The molecule has 2 N–H and O–H groups in total. The Labute approximate surface area is 163 Å². The summed E-state index contributed by atoms with van der Waals surface area (Å²) in [5, 5.41) is 0. The summed E-state index contributed by atoms with van der Waals surface area (Å²) in [5.41, 5.74) is 5.22. The van der Waals surface area contributed by atoms with Gasteiger partial charge >= 0.3 is 0 Å². The third kappa shape index (κ3) is 19.5. The number of hydrogen-bond acceptors (Lipinski definition) is 2. The molecule has 0 bridgehead atoms. The van der Waals surface area contributed by atoms with Gasteiger partial charge in [0.15, 0.2) is 0 Å². The second kappa shape index (κ2) is 20.5. The standard InChI is InChI=1S/C23H45NO2/c1-3-4-5-6-7-8-9-10-11-12-13-14-15-16-17-18-20-26-21-19-22(2)23(24)25/h10-11,22H,3-9,12-21H2,1-2H3,(H2,24,25)/b11-10-. The van der Waals surface area contributed by atoms with Crippen molar-refractivity contribution in [3.63, 3.8) is 0 Å². The largest absolute Gasteiger partial charge is 0.381 e. The van der Waals surface area contributed by atoms with E-state index in [1.165, 1.54) is 83.5 Å².